The van der Waals surface area contributed by atoms with E-state index in [0.717, 1.165) is 22.2 Å². The summed E-state index contributed by atoms with van der Waals surface area (Å²) < 4.78 is 1.86. The number of rotatable bonds is 7. The number of fused-ring (bicyclic) bond motifs is 1. The molecule has 1 amide bonds. The largest absolute Gasteiger partial charge is 0.348 e. The first-order valence-electron chi connectivity index (χ1n) is 11.1. The van der Waals surface area contributed by atoms with Crippen LogP contribution in [0.3, 0.4) is 0 Å². The zero-order valence-electron chi connectivity index (χ0n) is 18.7. The normalized spacial score (nSPS) is 11.8. The SMILES string of the molecule is CC(Nc1nccc(-n2cnc3ccc(C(=O)NCc4ccccc4)cc32)n1)c1ccccc1. The second-order valence-corrected chi connectivity index (χ2v) is 8.00. The molecule has 0 radical (unpaired) electrons. The van der Waals surface area contributed by atoms with Crippen molar-refractivity contribution < 1.29 is 4.79 Å². The second kappa shape index (κ2) is 9.54. The average molecular weight is 449 g/mol. The van der Waals surface area contributed by atoms with E-state index in [4.69, 9.17) is 0 Å². The van der Waals surface area contributed by atoms with Crippen molar-refractivity contribution in [2.24, 2.45) is 0 Å². The van der Waals surface area contributed by atoms with Crippen molar-refractivity contribution in [3.05, 3.63) is 114 Å². The van der Waals surface area contributed by atoms with Crippen LogP contribution in [0.4, 0.5) is 5.95 Å². The minimum atomic E-state index is -0.139. The van der Waals surface area contributed by atoms with Crippen LogP contribution in [0.5, 0.6) is 0 Å². The number of hydrogen-bond donors (Lipinski definition) is 2. The van der Waals surface area contributed by atoms with Crippen molar-refractivity contribution in [3.8, 4) is 5.82 Å². The monoisotopic (exact) mass is 448 g/mol. The van der Waals surface area contributed by atoms with E-state index in [1.807, 2.05) is 71.3 Å². The van der Waals surface area contributed by atoms with Crippen LogP contribution in [0.1, 0.15) is 34.5 Å². The maximum Gasteiger partial charge on any atom is 0.251 e. The average Bonchev–Trinajstić information content (AvgIpc) is 3.32. The van der Waals surface area contributed by atoms with Gasteiger partial charge in [0.15, 0.2) is 0 Å². The summed E-state index contributed by atoms with van der Waals surface area (Å²) in [6.07, 6.45) is 3.42. The number of carbonyl (C=O) groups excluding carboxylic acids is 1. The molecule has 2 aromatic heterocycles. The minimum absolute atomic E-state index is 0.0518. The lowest BCUT2D eigenvalue weighted by Crippen LogP contribution is -2.22. The van der Waals surface area contributed by atoms with Crippen LogP contribution in [-0.4, -0.2) is 25.4 Å². The molecule has 1 atom stereocenters. The Morgan fingerprint density at radius 2 is 1.71 bits per heavy atom. The van der Waals surface area contributed by atoms with Crippen molar-refractivity contribution in [2.45, 2.75) is 19.5 Å². The molecule has 0 saturated carbocycles. The Hall–Kier alpha value is -4.52. The number of benzene rings is 3. The topological polar surface area (TPSA) is 84.7 Å². The number of anilines is 1. The van der Waals surface area contributed by atoms with Crippen LogP contribution in [-0.2, 0) is 6.54 Å². The lowest BCUT2D eigenvalue weighted by atomic mass is 10.1. The van der Waals surface area contributed by atoms with Gasteiger partial charge in [-0.05, 0) is 42.3 Å². The van der Waals surface area contributed by atoms with Crippen LogP contribution in [0.15, 0.2) is 97.5 Å². The third-order valence-corrected chi connectivity index (χ3v) is 5.64. The van der Waals surface area contributed by atoms with E-state index in [9.17, 15) is 4.79 Å². The van der Waals surface area contributed by atoms with Crippen LogP contribution in [0, 0.1) is 0 Å². The number of imidazole rings is 1. The Morgan fingerprint density at radius 3 is 2.50 bits per heavy atom. The zero-order valence-corrected chi connectivity index (χ0v) is 18.7. The zero-order chi connectivity index (χ0) is 23.3. The standard InChI is InChI=1S/C27H24N6O/c1-19(21-10-6-3-7-11-21)31-27-28-15-14-25(32-27)33-18-30-23-13-12-22(16-24(23)33)26(34)29-17-20-8-4-2-5-9-20/h2-16,18-19H,17H2,1H3,(H,29,34)(H,28,31,32). The third-order valence-electron chi connectivity index (χ3n) is 5.64. The van der Waals surface area contributed by atoms with E-state index in [2.05, 4.69) is 44.6 Å². The first-order chi connectivity index (χ1) is 16.7. The fraction of sp³-hybridized carbons (Fsp3) is 0.111. The highest BCUT2D eigenvalue weighted by Crippen LogP contribution is 2.21. The van der Waals surface area contributed by atoms with E-state index < -0.39 is 0 Å². The maximum absolute atomic E-state index is 12.8. The molecule has 7 nitrogen and oxygen atoms in total. The van der Waals surface area contributed by atoms with Crippen molar-refractivity contribution >= 4 is 22.9 Å². The summed E-state index contributed by atoms with van der Waals surface area (Å²) >= 11 is 0. The Balaban J connectivity index is 1.37. The summed E-state index contributed by atoms with van der Waals surface area (Å²) in [5.41, 5.74) is 4.34. The molecular weight excluding hydrogens is 424 g/mol. The van der Waals surface area contributed by atoms with Crippen LogP contribution >= 0.6 is 0 Å². The molecule has 2 N–H and O–H groups in total. The van der Waals surface area contributed by atoms with Crippen LogP contribution in [0.2, 0.25) is 0 Å². The molecule has 0 aliphatic rings. The summed E-state index contributed by atoms with van der Waals surface area (Å²) in [7, 11) is 0. The Bertz CT molecular complexity index is 1420. The number of hydrogen-bond acceptors (Lipinski definition) is 5. The van der Waals surface area contributed by atoms with Gasteiger partial charge in [0.2, 0.25) is 5.95 Å². The van der Waals surface area contributed by atoms with Gasteiger partial charge in [-0.3, -0.25) is 9.36 Å². The van der Waals surface area contributed by atoms with Crippen LogP contribution in [0.25, 0.3) is 16.9 Å². The fourth-order valence-corrected chi connectivity index (χ4v) is 3.78. The first-order valence-corrected chi connectivity index (χ1v) is 11.1. The molecule has 7 heteroatoms. The number of amides is 1. The van der Waals surface area contributed by atoms with Gasteiger partial charge in [0.1, 0.15) is 12.1 Å². The third kappa shape index (κ3) is 4.63. The number of aromatic nitrogens is 4. The van der Waals surface area contributed by atoms with E-state index >= 15 is 0 Å². The van der Waals surface area contributed by atoms with E-state index in [1.165, 1.54) is 0 Å². The van der Waals surface area contributed by atoms with Crippen LogP contribution < -0.4 is 10.6 Å². The molecule has 34 heavy (non-hydrogen) atoms. The van der Waals surface area contributed by atoms with Gasteiger partial charge in [0.25, 0.3) is 5.91 Å². The first kappa shape index (κ1) is 21.3. The predicted octanol–water partition coefficient (Wildman–Crippen LogP) is 4.92. The fourth-order valence-electron chi connectivity index (χ4n) is 3.78. The van der Waals surface area contributed by atoms with Crippen molar-refractivity contribution in [1.82, 2.24) is 24.8 Å². The molecule has 0 spiro atoms. The van der Waals surface area contributed by atoms with E-state index in [1.54, 1.807) is 18.6 Å². The lowest BCUT2D eigenvalue weighted by molar-refractivity contribution is 0.0951. The highest BCUT2D eigenvalue weighted by Gasteiger charge is 2.13. The molecule has 5 rings (SSSR count). The lowest BCUT2D eigenvalue weighted by Gasteiger charge is -2.14. The molecular formula is C27H24N6O. The highest BCUT2D eigenvalue weighted by atomic mass is 16.1. The molecule has 5 aromatic rings. The van der Waals surface area contributed by atoms with Gasteiger partial charge in [0.05, 0.1) is 17.1 Å². The molecule has 3 aromatic carbocycles. The molecule has 2 heterocycles. The van der Waals surface area contributed by atoms with Crippen molar-refractivity contribution in [2.75, 3.05) is 5.32 Å². The van der Waals surface area contributed by atoms with Crippen molar-refractivity contribution in [1.29, 1.82) is 0 Å². The quantitative estimate of drug-likeness (QED) is 0.369. The van der Waals surface area contributed by atoms with Gasteiger partial charge in [-0.15, -0.1) is 0 Å². The Kier molecular flexibility index (Phi) is 5.99. The van der Waals surface area contributed by atoms with Crippen molar-refractivity contribution in [3.63, 3.8) is 0 Å². The molecule has 1 unspecified atom stereocenters. The van der Waals surface area contributed by atoms with Gasteiger partial charge in [-0.2, -0.15) is 4.98 Å². The maximum atomic E-state index is 12.8. The number of nitrogens with zero attached hydrogens (tertiary/aromatic N) is 4. The molecule has 0 aliphatic heterocycles. The highest BCUT2D eigenvalue weighted by molar-refractivity contribution is 5.97. The summed E-state index contributed by atoms with van der Waals surface area (Å²) in [5.74, 6) is 1.05. The Labute approximate surface area is 197 Å². The molecule has 0 bridgehead atoms. The molecule has 0 fully saturated rings. The summed E-state index contributed by atoms with van der Waals surface area (Å²) in [6.45, 7) is 2.54. The predicted molar refractivity (Wildman–Crippen MR) is 133 cm³/mol. The summed E-state index contributed by atoms with van der Waals surface area (Å²) in [6, 6.07) is 27.3. The summed E-state index contributed by atoms with van der Waals surface area (Å²) in [4.78, 5) is 26.3. The van der Waals surface area contributed by atoms with Gasteiger partial charge in [-0.25, -0.2) is 9.97 Å². The van der Waals surface area contributed by atoms with Gasteiger partial charge >= 0.3 is 0 Å². The summed E-state index contributed by atoms with van der Waals surface area (Å²) in [5, 5.41) is 6.32. The number of carbonyl (C=O) groups is 1. The molecule has 168 valence electrons. The molecule has 0 saturated heterocycles. The number of nitrogens with one attached hydrogen (secondary N) is 2. The van der Waals surface area contributed by atoms with Gasteiger partial charge in [0, 0.05) is 18.3 Å². The van der Waals surface area contributed by atoms with Gasteiger partial charge in [-0.1, -0.05) is 60.7 Å². The molecule has 0 aliphatic carbocycles. The van der Waals surface area contributed by atoms with E-state index in [-0.39, 0.29) is 11.9 Å². The smallest absolute Gasteiger partial charge is 0.251 e. The second-order valence-electron chi connectivity index (χ2n) is 8.00. The van der Waals surface area contributed by atoms with Gasteiger partial charge < -0.3 is 10.6 Å². The Morgan fingerprint density at radius 1 is 0.941 bits per heavy atom. The minimum Gasteiger partial charge on any atom is -0.348 e. The van der Waals surface area contributed by atoms with E-state index in [0.29, 0.717) is 23.9 Å².